The van der Waals surface area contributed by atoms with Gasteiger partial charge >= 0.3 is 0 Å². The number of para-hydroxylation sites is 1. The molecule has 1 aromatic heterocycles. The molecule has 0 bridgehead atoms. The lowest BCUT2D eigenvalue weighted by Crippen LogP contribution is -2.22. The van der Waals surface area contributed by atoms with Gasteiger partial charge in [0.2, 0.25) is 5.95 Å². The summed E-state index contributed by atoms with van der Waals surface area (Å²) in [5.74, 6) is 2.07. The van der Waals surface area contributed by atoms with E-state index in [0.29, 0.717) is 23.8 Å². The summed E-state index contributed by atoms with van der Waals surface area (Å²) in [5, 5.41) is 6.52. The highest BCUT2D eigenvalue weighted by atomic mass is 16.5. The van der Waals surface area contributed by atoms with Crippen LogP contribution in [0.4, 0.5) is 23.1 Å². The number of Topliss-reactive ketones (excluding diaryl/α,β-unsaturated/α-hetero) is 1. The highest BCUT2D eigenvalue weighted by Crippen LogP contribution is 2.32. The van der Waals surface area contributed by atoms with Crippen LogP contribution in [-0.4, -0.2) is 22.9 Å². The minimum Gasteiger partial charge on any atom is -0.497 e. The van der Waals surface area contributed by atoms with Crippen LogP contribution < -0.4 is 15.4 Å². The van der Waals surface area contributed by atoms with E-state index in [0.717, 1.165) is 29.2 Å². The fourth-order valence-corrected chi connectivity index (χ4v) is 3.40. The van der Waals surface area contributed by atoms with Crippen LogP contribution in [0, 0.1) is 5.92 Å². The Balaban J connectivity index is 1.75. The molecule has 1 unspecified atom stereocenters. The van der Waals surface area contributed by atoms with Gasteiger partial charge in [-0.15, -0.1) is 0 Å². The molecule has 1 aliphatic carbocycles. The highest BCUT2D eigenvalue weighted by Gasteiger charge is 2.28. The van der Waals surface area contributed by atoms with Crippen LogP contribution in [0.2, 0.25) is 0 Å². The third-order valence-electron chi connectivity index (χ3n) is 4.70. The van der Waals surface area contributed by atoms with E-state index in [1.807, 2.05) is 54.6 Å². The van der Waals surface area contributed by atoms with Gasteiger partial charge < -0.3 is 15.4 Å². The van der Waals surface area contributed by atoms with Crippen LogP contribution >= 0.6 is 0 Å². The largest absolute Gasteiger partial charge is 0.497 e. The molecule has 6 nitrogen and oxygen atoms in total. The highest BCUT2D eigenvalue weighted by molar-refractivity contribution is 6.03. The molecule has 0 saturated carbocycles. The number of fused-ring (bicyclic) bond motifs is 1. The summed E-state index contributed by atoms with van der Waals surface area (Å²) in [6, 6.07) is 17.3. The minimum absolute atomic E-state index is 0.0745. The standard InChI is InChI=1S/C22H22N4O2/c1-14-11-18-20(19(27)12-14)21(23-16-9-6-10-17(13-16)28-2)26-22(25-18)24-15-7-4-3-5-8-15/h3-10,13-14H,11-12H2,1-2H3,(H2,23,24,25,26). The van der Waals surface area contributed by atoms with Gasteiger partial charge in [-0.3, -0.25) is 4.79 Å². The topological polar surface area (TPSA) is 76.1 Å². The molecule has 0 amide bonds. The summed E-state index contributed by atoms with van der Waals surface area (Å²) in [6.07, 6.45) is 1.26. The number of aromatic nitrogens is 2. The molecular formula is C22H22N4O2. The van der Waals surface area contributed by atoms with Gasteiger partial charge in [0.05, 0.1) is 18.4 Å². The number of benzene rings is 2. The van der Waals surface area contributed by atoms with Gasteiger partial charge in [0, 0.05) is 23.9 Å². The van der Waals surface area contributed by atoms with Crippen LogP contribution in [0.3, 0.4) is 0 Å². The molecule has 4 rings (SSSR count). The number of ether oxygens (including phenoxy) is 1. The maximum atomic E-state index is 12.7. The molecule has 0 aliphatic heterocycles. The van der Waals surface area contributed by atoms with Crippen molar-refractivity contribution in [2.24, 2.45) is 5.92 Å². The Bertz CT molecular complexity index is 1000. The number of nitrogens with one attached hydrogen (secondary N) is 2. The molecule has 142 valence electrons. The smallest absolute Gasteiger partial charge is 0.229 e. The average molecular weight is 374 g/mol. The Hall–Kier alpha value is -3.41. The van der Waals surface area contributed by atoms with Crippen LogP contribution in [0.25, 0.3) is 0 Å². The quantitative estimate of drug-likeness (QED) is 0.672. The SMILES string of the molecule is COc1cccc(Nc2nc(Nc3ccccc3)nc3c2C(=O)CC(C)C3)c1. The van der Waals surface area contributed by atoms with Crippen molar-refractivity contribution in [1.82, 2.24) is 9.97 Å². The zero-order chi connectivity index (χ0) is 19.5. The zero-order valence-electron chi connectivity index (χ0n) is 15.9. The molecule has 0 radical (unpaired) electrons. The number of nitrogens with zero attached hydrogens (tertiary/aromatic N) is 2. The summed E-state index contributed by atoms with van der Waals surface area (Å²) in [4.78, 5) is 22.0. The first-order valence-electron chi connectivity index (χ1n) is 9.29. The molecule has 0 saturated heterocycles. The van der Waals surface area contributed by atoms with E-state index in [1.54, 1.807) is 7.11 Å². The van der Waals surface area contributed by atoms with Gasteiger partial charge in [0.25, 0.3) is 0 Å². The van der Waals surface area contributed by atoms with Gasteiger partial charge in [-0.25, -0.2) is 4.98 Å². The molecule has 1 aliphatic rings. The predicted octanol–water partition coefficient (Wildman–Crippen LogP) is 4.74. The second-order valence-corrected chi connectivity index (χ2v) is 7.00. The molecule has 0 fully saturated rings. The number of ketones is 1. The molecular weight excluding hydrogens is 352 g/mol. The van der Waals surface area contributed by atoms with Crippen molar-refractivity contribution >= 4 is 28.9 Å². The van der Waals surface area contributed by atoms with E-state index < -0.39 is 0 Å². The summed E-state index contributed by atoms with van der Waals surface area (Å²) in [7, 11) is 1.62. The first-order valence-corrected chi connectivity index (χ1v) is 9.29. The second kappa shape index (κ2) is 7.68. The average Bonchev–Trinajstić information content (AvgIpc) is 2.68. The molecule has 2 aromatic carbocycles. The molecule has 3 aromatic rings. The van der Waals surface area contributed by atoms with E-state index in [1.165, 1.54) is 0 Å². The van der Waals surface area contributed by atoms with E-state index in [-0.39, 0.29) is 11.7 Å². The van der Waals surface area contributed by atoms with Crippen LogP contribution in [0.1, 0.15) is 29.4 Å². The van der Waals surface area contributed by atoms with E-state index in [9.17, 15) is 4.79 Å². The Kier molecular flexibility index (Phi) is 4.93. The van der Waals surface area contributed by atoms with Crippen molar-refractivity contribution in [2.75, 3.05) is 17.7 Å². The number of methoxy groups -OCH3 is 1. The van der Waals surface area contributed by atoms with Gasteiger partial charge in [0.15, 0.2) is 5.78 Å². The zero-order valence-corrected chi connectivity index (χ0v) is 15.9. The number of hydrogen-bond donors (Lipinski definition) is 2. The lowest BCUT2D eigenvalue weighted by molar-refractivity contribution is 0.0953. The van der Waals surface area contributed by atoms with Crippen molar-refractivity contribution in [1.29, 1.82) is 0 Å². The minimum atomic E-state index is 0.0745. The fourth-order valence-electron chi connectivity index (χ4n) is 3.40. The van der Waals surface area contributed by atoms with E-state index >= 15 is 0 Å². The summed E-state index contributed by atoms with van der Waals surface area (Å²) >= 11 is 0. The van der Waals surface area contributed by atoms with Crippen molar-refractivity contribution < 1.29 is 9.53 Å². The summed E-state index contributed by atoms with van der Waals surface area (Å²) < 4.78 is 5.29. The predicted molar refractivity (Wildman–Crippen MR) is 110 cm³/mol. The van der Waals surface area contributed by atoms with Gasteiger partial charge in [-0.1, -0.05) is 31.2 Å². The Morgan fingerprint density at radius 2 is 1.75 bits per heavy atom. The number of carbonyl (C=O) groups is 1. The maximum Gasteiger partial charge on any atom is 0.229 e. The van der Waals surface area contributed by atoms with Gasteiger partial charge in [-0.05, 0) is 36.6 Å². The van der Waals surface area contributed by atoms with E-state index in [4.69, 9.17) is 4.74 Å². The molecule has 2 N–H and O–H groups in total. The Morgan fingerprint density at radius 3 is 2.54 bits per heavy atom. The summed E-state index contributed by atoms with van der Waals surface area (Å²) in [5.41, 5.74) is 3.06. The van der Waals surface area contributed by atoms with E-state index in [2.05, 4.69) is 27.5 Å². The normalized spacial score (nSPS) is 15.6. The van der Waals surface area contributed by atoms with Crippen LogP contribution in [0.5, 0.6) is 5.75 Å². The molecule has 1 heterocycles. The van der Waals surface area contributed by atoms with Gasteiger partial charge in [0.1, 0.15) is 11.6 Å². The monoisotopic (exact) mass is 374 g/mol. The molecule has 1 atom stereocenters. The fraction of sp³-hybridized carbons (Fsp3) is 0.227. The first kappa shape index (κ1) is 18.0. The lowest BCUT2D eigenvalue weighted by atomic mass is 9.87. The maximum absolute atomic E-state index is 12.7. The Morgan fingerprint density at radius 1 is 0.964 bits per heavy atom. The second-order valence-electron chi connectivity index (χ2n) is 7.00. The molecule has 6 heteroatoms. The molecule has 28 heavy (non-hydrogen) atoms. The van der Waals surface area contributed by atoms with Crippen LogP contribution in [0.15, 0.2) is 54.6 Å². The van der Waals surface area contributed by atoms with Crippen LogP contribution in [-0.2, 0) is 6.42 Å². The van der Waals surface area contributed by atoms with Crippen molar-refractivity contribution in [3.05, 3.63) is 65.9 Å². The third-order valence-corrected chi connectivity index (χ3v) is 4.70. The number of carbonyl (C=O) groups excluding carboxylic acids is 1. The van der Waals surface area contributed by atoms with Crippen molar-refractivity contribution in [3.8, 4) is 5.75 Å². The van der Waals surface area contributed by atoms with Crippen molar-refractivity contribution in [3.63, 3.8) is 0 Å². The van der Waals surface area contributed by atoms with Gasteiger partial charge in [-0.2, -0.15) is 4.98 Å². The van der Waals surface area contributed by atoms with Crippen molar-refractivity contribution in [2.45, 2.75) is 19.8 Å². The number of anilines is 4. The molecule has 0 spiro atoms. The summed E-state index contributed by atoms with van der Waals surface area (Å²) in [6.45, 7) is 2.07. The lowest BCUT2D eigenvalue weighted by Gasteiger charge is -2.23. The number of hydrogen-bond acceptors (Lipinski definition) is 6. The first-order chi connectivity index (χ1) is 13.6. The third kappa shape index (κ3) is 3.81. The number of rotatable bonds is 5. The Labute approximate surface area is 164 Å².